The lowest BCUT2D eigenvalue weighted by Crippen LogP contribution is -2.40. The van der Waals surface area contributed by atoms with Crippen LogP contribution in [0.15, 0.2) is 40.6 Å². The molecule has 0 spiro atoms. The summed E-state index contributed by atoms with van der Waals surface area (Å²) < 4.78 is 40.1. The van der Waals surface area contributed by atoms with E-state index in [1.165, 1.54) is 27.8 Å². The number of hydrogen-bond donors (Lipinski definition) is 0. The highest BCUT2D eigenvalue weighted by Gasteiger charge is 2.33. The van der Waals surface area contributed by atoms with Gasteiger partial charge in [0.15, 0.2) is 5.78 Å². The zero-order valence-electron chi connectivity index (χ0n) is 13.2. The molecule has 128 valence electrons. The van der Waals surface area contributed by atoms with Gasteiger partial charge in [0.1, 0.15) is 5.82 Å². The number of hydrogen-bond acceptors (Lipinski definition) is 4. The zero-order valence-corrected chi connectivity index (χ0v) is 14.9. The molecule has 0 saturated carbocycles. The summed E-state index contributed by atoms with van der Waals surface area (Å²) in [7, 11) is -3.65. The maximum Gasteiger partial charge on any atom is 0.243 e. The van der Waals surface area contributed by atoms with Crippen LogP contribution in [-0.2, 0) is 10.0 Å². The molecule has 1 fully saturated rings. The Morgan fingerprint density at radius 2 is 1.96 bits per heavy atom. The summed E-state index contributed by atoms with van der Waals surface area (Å²) in [4.78, 5) is 13.2. The Labute approximate surface area is 145 Å². The molecule has 0 aliphatic carbocycles. The Morgan fingerprint density at radius 3 is 2.54 bits per heavy atom. The molecule has 2 heterocycles. The number of ketones is 1. The van der Waals surface area contributed by atoms with E-state index < -0.39 is 15.8 Å². The summed E-state index contributed by atoms with van der Waals surface area (Å²) in [6, 6.07) is 7.34. The van der Waals surface area contributed by atoms with Crippen LogP contribution < -0.4 is 0 Å². The Kier molecular flexibility index (Phi) is 4.85. The highest BCUT2D eigenvalue weighted by molar-refractivity contribution is 7.89. The number of nitrogens with zero attached hydrogens (tertiary/aromatic N) is 1. The number of carbonyl (C=O) groups is 1. The third-order valence-corrected chi connectivity index (χ3v) is 7.29. The van der Waals surface area contributed by atoms with E-state index in [9.17, 15) is 17.6 Å². The van der Waals surface area contributed by atoms with Gasteiger partial charge in [0, 0.05) is 19.0 Å². The molecular weight excluding hydrogens is 349 g/mol. The predicted octanol–water partition coefficient (Wildman–Crippen LogP) is 3.48. The third kappa shape index (κ3) is 3.29. The molecule has 1 saturated heterocycles. The molecule has 0 atom stereocenters. The van der Waals surface area contributed by atoms with Gasteiger partial charge in [-0.3, -0.25) is 4.79 Å². The van der Waals surface area contributed by atoms with E-state index in [1.54, 1.807) is 13.0 Å². The molecule has 4 nitrogen and oxygen atoms in total. The Balaban J connectivity index is 1.73. The number of halogens is 1. The number of carbonyl (C=O) groups excluding carboxylic acids is 1. The van der Waals surface area contributed by atoms with Crippen molar-refractivity contribution in [3.63, 3.8) is 0 Å². The molecule has 7 heteroatoms. The van der Waals surface area contributed by atoms with Crippen LogP contribution in [-0.4, -0.2) is 31.6 Å². The van der Waals surface area contributed by atoms with Crippen LogP contribution in [0.2, 0.25) is 0 Å². The molecule has 0 radical (unpaired) electrons. The standard InChI is InChI=1S/C17H18FNO3S2/c1-12-11-14(18)4-5-16(12)24(21,22)19-8-6-13(7-9-19)17(20)15-3-2-10-23-15/h2-5,10-11,13H,6-9H2,1H3. The number of sulfonamides is 1. The number of thiophene rings is 1. The first kappa shape index (κ1) is 17.3. The minimum atomic E-state index is -3.65. The Bertz CT molecular complexity index is 839. The maximum absolute atomic E-state index is 13.2. The summed E-state index contributed by atoms with van der Waals surface area (Å²) in [5.41, 5.74) is 0.395. The number of aryl methyl sites for hydroxylation is 1. The van der Waals surface area contributed by atoms with Crippen molar-refractivity contribution >= 4 is 27.1 Å². The van der Waals surface area contributed by atoms with Crippen molar-refractivity contribution in [3.8, 4) is 0 Å². The van der Waals surface area contributed by atoms with Gasteiger partial charge >= 0.3 is 0 Å². The summed E-state index contributed by atoms with van der Waals surface area (Å²) in [5.74, 6) is -0.490. The molecule has 0 unspecified atom stereocenters. The minimum absolute atomic E-state index is 0.0972. The fourth-order valence-electron chi connectivity index (χ4n) is 3.02. The van der Waals surface area contributed by atoms with Crippen molar-refractivity contribution in [2.75, 3.05) is 13.1 Å². The van der Waals surface area contributed by atoms with Crippen LogP contribution in [0.5, 0.6) is 0 Å². The van der Waals surface area contributed by atoms with Crippen molar-refractivity contribution in [3.05, 3.63) is 52.0 Å². The molecule has 1 aromatic heterocycles. The number of Topliss-reactive ketones (excluding diaryl/α,β-unsaturated/α-hetero) is 1. The summed E-state index contributed by atoms with van der Waals surface area (Å²) >= 11 is 1.41. The van der Waals surface area contributed by atoms with Crippen LogP contribution in [0.25, 0.3) is 0 Å². The van der Waals surface area contributed by atoms with Crippen molar-refractivity contribution in [1.82, 2.24) is 4.31 Å². The van der Waals surface area contributed by atoms with Crippen molar-refractivity contribution in [2.45, 2.75) is 24.7 Å². The van der Waals surface area contributed by atoms with Gasteiger partial charge in [0.25, 0.3) is 0 Å². The van der Waals surface area contributed by atoms with E-state index in [-0.39, 0.29) is 16.6 Å². The van der Waals surface area contributed by atoms with Gasteiger partial charge in [0.2, 0.25) is 10.0 Å². The van der Waals surface area contributed by atoms with Gasteiger partial charge in [-0.05, 0) is 55.0 Å². The molecule has 1 aliphatic heterocycles. The first-order valence-corrected chi connectivity index (χ1v) is 10.1. The smallest absolute Gasteiger partial charge is 0.243 e. The van der Waals surface area contributed by atoms with Gasteiger partial charge in [0.05, 0.1) is 9.77 Å². The van der Waals surface area contributed by atoms with E-state index in [0.717, 1.165) is 10.9 Å². The third-order valence-electron chi connectivity index (χ3n) is 4.34. The molecular formula is C17H18FNO3S2. The number of rotatable bonds is 4. The second-order valence-corrected chi connectivity index (χ2v) is 8.78. The normalized spacial score (nSPS) is 17.1. The van der Waals surface area contributed by atoms with E-state index in [2.05, 4.69) is 0 Å². The zero-order chi connectivity index (χ0) is 17.3. The molecule has 1 aliphatic rings. The number of piperidine rings is 1. The Hall–Kier alpha value is -1.57. The topological polar surface area (TPSA) is 54.5 Å². The maximum atomic E-state index is 13.2. The lowest BCUT2D eigenvalue weighted by atomic mass is 9.93. The monoisotopic (exact) mass is 367 g/mol. The van der Waals surface area contributed by atoms with Gasteiger partial charge in [-0.2, -0.15) is 4.31 Å². The van der Waals surface area contributed by atoms with Gasteiger partial charge in [-0.25, -0.2) is 12.8 Å². The second-order valence-electron chi connectivity index (χ2n) is 5.93. The van der Waals surface area contributed by atoms with Crippen LogP contribution in [0.1, 0.15) is 28.1 Å². The Morgan fingerprint density at radius 1 is 1.25 bits per heavy atom. The van der Waals surface area contributed by atoms with Crippen LogP contribution in [0, 0.1) is 18.7 Å². The molecule has 24 heavy (non-hydrogen) atoms. The van der Waals surface area contributed by atoms with Crippen molar-refractivity contribution in [2.24, 2.45) is 5.92 Å². The lowest BCUT2D eigenvalue weighted by Gasteiger charge is -2.30. The quantitative estimate of drug-likeness (QED) is 0.778. The molecule has 3 rings (SSSR count). The largest absolute Gasteiger partial charge is 0.293 e. The average molecular weight is 367 g/mol. The summed E-state index contributed by atoms with van der Waals surface area (Å²) in [6.07, 6.45) is 1.02. The summed E-state index contributed by atoms with van der Waals surface area (Å²) in [5, 5.41) is 1.87. The van der Waals surface area contributed by atoms with Gasteiger partial charge in [-0.15, -0.1) is 11.3 Å². The molecule has 0 N–H and O–H groups in total. The van der Waals surface area contributed by atoms with E-state index >= 15 is 0 Å². The van der Waals surface area contributed by atoms with E-state index in [1.807, 2.05) is 11.4 Å². The highest BCUT2D eigenvalue weighted by Crippen LogP contribution is 2.28. The molecule has 1 aromatic carbocycles. The van der Waals surface area contributed by atoms with Crippen molar-refractivity contribution in [1.29, 1.82) is 0 Å². The second kappa shape index (κ2) is 6.74. The highest BCUT2D eigenvalue weighted by atomic mass is 32.2. The first-order valence-electron chi connectivity index (χ1n) is 7.73. The van der Waals surface area contributed by atoms with Crippen LogP contribution >= 0.6 is 11.3 Å². The van der Waals surface area contributed by atoms with Crippen LogP contribution in [0.4, 0.5) is 4.39 Å². The average Bonchev–Trinajstić information content (AvgIpc) is 3.08. The van der Waals surface area contributed by atoms with E-state index in [4.69, 9.17) is 0 Å². The fourth-order valence-corrected chi connectivity index (χ4v) is 5.44. The van der Waals surface area contributed by atoms with Gasteiger partial charge < -0.3 is 0 Å². The van der Waals surface area contributed by atoms with Gasteiger partial charge in [-0.1, -0.05) is 6.07 Å². The minimum Gasteiger partial charge on any atom is -0.293 e. The van der Waals surface area contributed by atoms with E-state index in [0.29, 0.717) is 31.5 Å². The predicted molar refractivity (Wildman–Crippen MR) is 91.3 cm³/mol. The lowest BCUT2D eigenvalue weighted by molar-refractivity contribution is 0.0879. The fraction of sp³-hybridized carbons (Fsp3) is 0.353. The van der Waals surface area contributed by atoms with Crippen molar-refractivity contribution < 1.29 is 17.6 Å². The number of benzene rings is 1. The molecule has 0 bridgehead atoms. The molecule has 0 amide bonds. The molecule has 2 aromatic rings. The SMILES string of the molecule is Cc1cc(F)ccc1S(=O)(=O)N1CCC(C(=O)c2cccs2)CC1. The first-order chi connectivity index (χ1) is 11.4. The summed E-state index contributed by atoms with van der Waals surface area (Å²) in [6.45, 7) is 2.20. The van der Waals surface area contributed by atoms with Crippen LogP contribution in [0.3, 0.4) is 0 Å².